The van der Waals surface area contributed by atoms with Crippen molar-refractivity contribution in [3.05, 3.63) is 45.7 Å². The summed E-state index contributed by atoms with van der Waals surface area (Å²) in [5, 5.41) is 4.42. The molecule has 0 aliphatic heterocycles. The second kappa shape index (κ2) is 6.60. The number of nitrogens with zero attached hydrogens (tertiary/aromatic N) is 2. The highest BCUT2D eigenvalue weighted by Crippen LogP contribution is 2.31. The summed E-state index contributed by atoms with van der Waals surface area (Å²) >= 11 is 3.57. The number of rotatable bonds is 5. The van der Waals surface area contributed by atoms with Crippen molar-refractivity contribution in [2.24, 2.45) is 5.84 Å². The van der Waals surface area contributed by atoms with Crippen molar-refractivity contribution in [1.82, 2.24) is 15.2 Å². The van der Waals surface area contributed by atoms with Crippen LogP contribution in [0, 0.1) is 6.92 Å². The third-order valence-electron chi connectivity index (χ3n) is 3.47. The largest absolute Gasteiger partial charge is 0.496 e. The van der Waals surface area contributed by atoms with E-state index in [9.17, 15) is 0 Å². The summed E-state index contributed by atoms with van der Waals surface area (Å²) in [5.74, 6) is 6.68. The van der Waals surface area contributed by atoms with Crippen molar-refractivity contribution in [1.29, 1.82) is 0 Å². The predicted molar refractivity (Wildman–Crippen MR) is 87.2 cm³/mol. The van der Waals surface area contributed by atoms with E-state index in [4.69, 9.17) is 10.6 Å². The maximum Gasteiger partial charge on any atom is 0.121 e. The normalized spacial score (nSPS) is 12.7. The van der Waals surface area contributed by atoms with Gasteiger partial charge >= 0.3 is 0 Å². The molecule has 0 saturated heterocycles. The Kier molecular flexibility index (Phi) is 5.03. The van der Waals surface area contributed by atoms with E-state index in [0.29, 0.717) is 0 Å². The molecule has 0 aliphatic rings. The van der Waals surface area contributed by atoms with Gasteiger partial charge in [0.2, 0.25) is 0 Å². The van der Waals surface area contributed by atoms with Gasteiger partial charge in [-0.2, -0.15) is 5.10 Å². The van der Waals surface area contributed by atoms with Crippen LogP contribution in [0.15, 0.2) is 28.9 Å². The number of methoxy groups -OCH3 is 1. The van der Waals surface area contributed by atoms with E-state index in [1.165, 1.54) is 0 Å². The first-order valence-electron chi connectivity index (χ1n) is 6.83. The molecule has 6 heteroatoms. The number of hydrazine groups is 1. The van der Waals surface area contributed by atoms with E-state index in [0.717, 1.165) is 27.0 Å². The number of hydrogen-bond acceptors (Lipinski definition) is 4. The lowest BCUT2D eigenvalue weighted by molar-refractivity contribution is 0.411. The molecule has 1 heterocycles. The van der Waals surface area contributed by atoms with E-state index in [2.05, 4.69) is 46.4 Å². The molecule has 2 aromatic rings. The second-order valence-electron chi connectivity index (χ2n) is 5.24. The Balaban J connectivity index is 2.49. The molecular weight excluding hydrogens is 332 g/mol. The fourth-order valence-electron chi connectivity index (χ4n) is 2.45. The molecule has 1 aromatic carbocycles. The molecule has 5 nitrogen and oxygen atoms in total. The van der Waals surface area contributed by atoms with E-state index in [-0.39, 0.29) is 12.1 Å². The number of halogens is 1. The quantitative estimate of drug-likeness (QED) is 0.640. The van der Waals surface area contributed by atoms with Crippen LogP contribution in [0.25, 0.3) is 0 Å². The van der Waals surface area contributed by atoms with Gasteiger partial charge in [-0.05, 0) is 53.9 Å². The van der Waals surface area contributed by atoms with Crippen molar-refractivity contribution in [2.45, 2.75) is 32.9 Å². The number of aromatic nitrogens is 2. The topological polar surface area (TPSA) is 65.1 Å². The van der Waals surface area contributed by atoms with Crippen LogP contribution >= 0.6 is 15.9 Å². The van der Waals surface area contributed by atoms with Crippen molar-refractivity contribution < 1.29 is 4.74 Å². The van der Waals surface area contributed by atoms with Gasteiger partial charge in [0, 0.05) is 6.04 Å². The van der Waals surface area contributed by atoms with Gasteiger partial charge < -0.3 is 4.74 Å². The molecule has 0 amide bonds. The highest BCUT2D eigenvalue weighted by Gasteiger charge is 2.22. The molecule has 114 valence electrons. The third kappa shape index (κ3) is 3.12. The van der Waals surface area contributed by atoms with E-state index in [1.807, 2.05) is 23.7 Å². The Hall–Kier alpha value is -1.37. The summed E-state index contributed by atoms with van der Waals surface area (Å²) < 4.78 is 8.22. The smallest absolute Gasteiger partial charge is 0.121 e. The van der Waals surface area contributed by atoms with Gasteiger partial charge in [0.25, 0.3) is 0 Å². The van der Waals surface area contributed by atoms with Crippen molar-refractivity contribution >= 4 is 15.9 Å². The molecule has 0 radical (unpaired) electrons. The molecule has 1 aromatic heterocycles. The third-order valence-corrected chi connectivity index (χ3v) is 4.08. The summed E-state index contributed by atoms with van der Waals surface area (Å²) in [6.07, 6.45) is 1.80. The minimum atomic E-state index is -0.145. The molecule has 0 fully saturated rings. The number of hydrogen-bond donors (Lipinski definition) is 2. The maximum absolute atomic E-state index is 5.81. The van der Waals surface area contributed by atoms with Crippen LogP contribution in [0.2, 0.25) is 0 Å². The molecule has 2 rings (SSSR count). The van der Waals surface area contributed by atoms with E-state index >= 15 is 0 Å². The average molecular weight is 353 g/mol. The number of ether oxygens (including phenoxy) is 1. The van der Waals surface area contributed by atoms with Crippen molar-refractivity contribution in [3.8, 4) is 5.75 Å². The molecule has 3 N–H and O–H groups in total. The van der Waals surface area contributed by atoms with Crippen LogP contribution in [-0.2, 0) is 0 Å². The lowest BCUT2D eigenvalue weighted by atomic mass is 10.0. The Bertz CT molecular complexity index is 624. The Morgan fingerprint density at radius 3 is 2.62 bits per heavy atom. The average Bonchev–Trinajstić information content (AvgIpc) is 2.82. The van der Waals surface area contributed by atoms with Crippen LogP contribution in [0.1, 0.15) is 42.8 Å². The van der Waals surface area contributed by atoms with Gasteiger partial charge in [-0.3, -0.25) is 10.5 Å². The zero-order valence-electron chi connectivity index (χ0n) is 12.7. The van der Waals surface area contributed by atoms with Gasteiger partial charge in [-0.1, -0.05) is 12.1 Å². The number of benzene rings is 1. The SMILES string of the molecule is COc1ccc(C(NN)c2c(Br)cnn2C(C)C)cc1C. The number of nitrogens with one attached hydrogen (secondary N) is 1. The minimum Gasteiger partial charge on any atom is -0.496 e. The van der Waals surface area contributed by atoms with Crippen LogP contribution < -0.4 is 16.0 Å². The molecule has 0 bridgehead atoms. The zero-order valence-corrected chi connectivity index (χ0v) is 14.3. The fourth-order valence-corrected chi connectivity index (χ4v) is 2.95. The number of nitrogens with two attached hydrogens (primary N) is 1. The summed E-state index contributed by atoms with van der Waals surface area (Å²) in [4.78, 5) is 0. The van der Waals surface area contributed by atoms with Gasteiger partial charge in [0.1, 0.15) is 5.75 Å². The van der Waals surface area contributed by atoms with Gasteiger partial charge in [0.05, 0.1) is 29.5 Å². The lowest BCUT2D eigenvalue weighted by Crippen LogP contribution is -2.31. The van der Waals surface area contributed by atoms with Crippen LogP contribution in [0.5, 0.6) is 5.75 Å². The summed E-state index contributed by atoms with van der Waals surface area (Å²) in [7, 11) is 1.67. The predicted octanol–water partition coefficient (Wildman–Crippen LogP) is 3.10. The molecular formula is C15H21BrN4O. The summed E-state index contributed by atoms with van der Waals surface area (Å²) in [6, 6.07) is 6.16. The lowest BCUT2D eigenvalue weighted by Gasteiger charge is -2.21. The van der Waals surface area contributed by atoms with Gasteiger partial charge in [0.15, 0.2) is 0 Å². The maximum atomic E-state index is 5.81. The highest BCUT2D eigenvalue weighted by atomic mass is 79.9. The molecule has 0 spiro atoms. The Morgan fingerprint density at radius 2 is 2.10 bits per heavy atom. The molecule has 21 heavy (non-hydrogen) atoms. The first-order valence-corrected chi connectivity index (χ1v) is 7.62. The zero-order chi connectivity index (χ0) is 15.6. The first kappa shape index (κ1) is 16.0. The first-order chi connectivity index (χ1) is 9.99. The molecule has 0 aliphatic carbocycles. The molecule has 1 unspecified atom stereocenters. The Morgan fingerprint density at radius 1 is 1.38 bits per heavy atom. The van der Waals surface area contributed by atoms with E-state index < -0.39 is 0 Å². The monoisotopic (exact) mass is 352 g/mol. The minimum absolute atomic E-state index is 0.145. The van der Waals surface area contributed by atoms with Crippen LogP contribution in [-0.4, -0.2) is 16.9 Å². The van der Waals surface area contributed by atoms with Gasteiger partial charge in [-0.25, -0.2) is 5.43 Å². The summed E-state index contributed by atoms with van der Waals surface area (Å²) in [6.45, 7) is 6.20. The van der Waals surface area contributed by atoms with E-state index in [1.54, 1.807) is 13.3 Å². The molecule has 0 saturated carbocycles. The van der Waals surface area contributed by atoms with Crippen molar-refractivity contribution in [2.75, 3.05) is 7.11 Å². The van der Waals surface area contributed by atoms with Crippen molar-refractivity contribution in [3.63, 3.8) is 0 Å². The van der Waals surface area contributed by atoms with Crippen LogP contribution in [0.4, 0.5) is 0 Å². The fraction of sp³-hybridized carbons (Fsp3) is 0.400. The highest BCUT2D eigenvalue weighted by molar-refractivity contribution is 9.10. The second-order valence-corrected chi connectivity index (χ2v) is 6.10. The number of aryl methyl sites for hydroxylation is 1. The van der Waals surface area contributed by atoms with Gasteiger partial charge in [-0.15, -0.1) is 0 Å². The van der Waals surface area contributed by atoms with Crippen LogP contribution in [0.3, 0.4) is 0 Å². The summed E-state index contributed by atoms with van der Waals surface area (Å²) in [5.41, 5.74) is 6.04. The standard InChI is InChI=1S/C15H21BrN4O/c1-9(2)20-15(12(16)8-18-20)14(19-17)11-5-6-13(21-4)10(3)7-11/h5-9,14,19H,17H2,1-4H3. The Labute approximate surface area is 133 Å². The molecule has 1 atom stereocenters.